The Labute approximate surface area is 162 Å². The minimum atomic E-state index is 0.608. The summed E-state index contributed by atoms with van der Waals surface area (Å²) in [6.07, 6.45) is 4.51. The Kier molecular flexibility index (Phi) is 4.98. The van der Waals surface area contributed by atoms with E-state index in [4.69, 9.17) is 14.7 Å². The topological polar surface area (TPSA) is 59.9 Å². The third-order valence-electron chi connectivity index (χ3n) is 4.15. The molecule has 0 spiro atoms. The van der Waals surface area contributed by atoms with E-state index in [0.29, 0.717) is 12.4 Å². The molecule has 0 unspecified atom stereocenters. The van der Waals surface area contributed by atoms with Gasteiger partial charge in [0.05, 0.1) is 17.7 Å². The van der Waals surface area contributed by atoms with Crippen molar-refractivity contribution in [1.82, 2.24) is 15.0 Å². The molecule has 0 aliphatic rings. The monoisotopic (exact) mass is 376 g/mol. The van der Waals surface area contributed by atoms with Crippen LogP contribution in [0.5, 0.6) is 5.75 Å². The first-order valence-electron chi connectivity index (χ1n) is 8.98. The largest absolute Gasteiger partial charge is 0.492 e. The van der Waals surface area contributed by atoms with Gasteiger partial charge in [-0.2, -0.15) is 0 Å². The second kappa shape index (κ2) is 7.72. The van der Waals surface area contributed by atoms with Crippen molar-refractivity contribution in [3.8, 4) is 17.1 Å². The molecule has 4 aromatic rings. The van der Waals surface area contributed by atoms with Gasteiger partial charge < -0.3 is 10.1 Å². The number of aromatic nitrogens is 3. The number of hydrogen-bond donors (Lipinski definition) is 1. The second-order valence-electron chi connectivity index (χ2n) is 5.98. The molecular weight excluding hydrogens is 356 g/mol. The van der Waals surface area contributed by atoms with Crippen LogP contribution in [0.15, 0.2) is 54.9 Å². The molecule has 0 aliphatic carbocycles. The maximum absolute atomic E-state index is 5.75. The highest BCUT2D eigenvalue weighted by molar-refractivity contribution is 7.18. The average molecular weight is 376 g/mol. The van der Waals surface area contributed by atoms with E-state index in [9.17, 15) is 0 Å². The highest BCUT2D eigenvalue weighted by atomic mass is 32.1. The first kappa shape index (κ1) is 17.4. The van der Waals surface area contributed by atoms with Crippen LogP contribution >= 0.6 is 11.3 Å². The van der Waals surface area contributed by atoms with Gasteiger partial charge in [-0.1, -0.05) is 19.1 Å². The zero-order valence-corrected chi connectivity index (χ0v) is 16.1. The van der Waals surface area contributed by atoms with E-state index in [-0.39, 0.29) is 0 Å². The lowest BCUT2D eigenvalue weighted by Crippen LogP contribution is -2.01. The third-order valence-corrected chi connectivity index (χ3v) is 5.33. The Morgan fingerprint density at radius 1 is 1.07 bits per heavy atom. The lowest BCUT2D eigenvalue weighted by Gasteiger charge is -2.13. The molecule has 27 heavy (non-hydrogen) atoms. The van der Waals surface area contributed by atoms with E-state index in [1.807, 2.05) is 43.3 Å². The maximum Gasteiger partial charge on any atom is 0.164 e. The predicted molar refractivity (Wildman–Crippen MR) is 111 cm³/mol. The molecule has 0 atom stereocenters. The van der Waals surface area contributed by atoms with Gasteiger partial charge in [-0.3, -0.25) is 4.98 Å². The number of para-hydroxylation sites is 2. The molecule has 3 heterocycles. The highest BCUT2D eigenvalue weighted by Gasteiger charge is 2.14. The number of fused-ring (bicyclic) bond motifs is 1. The van der Waals surface area contributed by atoms with E-state index in [1.165, 1.54) is 4.88 Å². The molecule has 0 fully saturated rings. The Morgan fingerprint density at radius 2 is 1.96 bits per heavy atom. The van der Waals surface area contributed by atoms with Gasteiger partial charge in [0.15, 0.2) is 5.82 Å². The van der Waals surface area contributed by atoms with E-state index >= 15 is 0 Å². The SMILES string of the molecule is CCOc1ccccc1Nc1nc(-c2cccnc2)nc2sc(CC)cc12. The van der Waals surface area contributed by atoms with Crippen molar-refractivity contribution in [2.45, 2.75) is 20.3 Å². The van der Waals surface area contributed by atoms with Crippen LogP contribution in [0, 0.1) is 0 Å². The molecule has 0 radical (unpaired) electrons. The molecule has 0 amide bonds. The molecule has 5 nitrogen and oxygen atoms in total. The van der Waals surface area contributed by atoms with Crippen molar-refractivity contribution >= 4 is 33.1 Å². The van der Waals surface area contributed by atoms with Crippen molar-refractivity contribution in [1.29, 1.82) is 0 Å². The summed E-state index contributed by atoms with van der Waals surface area (Å²) in [6.45, 7) is 4.74. The molecule has 0 aliphatic heterocycles. The van der Waals surface area contributed by atoms with Crippen molar-refractivity contribution in [2.75, 3.05) is 11.9 Å². The van der Waals surface area contributed by atoms with E-state index in [1.54, 1.807) is 23.7 Å². The van der Waals surface area contributed by atoms with Crippen molar-refractivity contribution < 1.29 is 4.74 Å². The van der Waals surface area contributed by atoms with Crippen molar-refractivity contribution in [3.05, 3.63) is 59.7 Å². The highest BCUT2D eigenvalue weighted by Crippen LogP contribution is 2.35. The molecule has 1 aromatic carbocycles. The van der Waals surface area contributed by atoms with Gasteiger partial charge in [-0.05, 0) is 43.7 Å². The van der Waals surface area contributed by atoms with Crippen LogP contribution in [-0.4, -0.2) is 21.6 Å². The summed E-state index contributed by atoms with van der Waals surface area (Å²) in [6, 6.07) is 13.9. The summed E-state index contributed by atoms with van der Waals surface area (Å²) in [7, 11) is 0. The number of benzene rings is 1. The van der Waals surface area contributed by atoms with E-state index < -0.39 is 0 Å². The summed E-state index contributed by atoms with van der Waals surface area (Å²) >= 11 is 1.70. The fourth-order valence-corrected chi connectivity index (χ4v) is 3.81. The van der Waals surface area contributed by atoms with Crippen LogP contribution in [0.2, 0.25) is 0 Å². The van der Waals surface area contributed by atoms with Crippen LogP contribution in [0.1, 0.15) is 18.7 Å². The molecule has 4 rings (SSSR count). The summed E-state index contributed by atoms with van der Waals surface area (Å²) in [5, 5.41) is 4.48. The summed E-state index contributed by atoms with van der Waals surface area (Å²) < 4.78 is 5.75. The zero-order valence-electron chi connectivity index (χ0n) is 15.3. The van der Waals surface area contributed by atoms with Gasteiger partial charge in [-0.15, -0.1) is 11.3 Å². The number of rotatable bonds is 6. The molecule has 136 valence electrons. The molecule has 0 saturated heterocycles. The minimum Gasteiger partial charge on any atom is -0.492 e. The molecular formula is C21H20N4OS. The number of aryl methyl sites for hydroxylation is 1. The first-order valence-corrected chi connectivity index (χ1v) is 9.79. The van der Waals surface area contributed by atoms with Crippen LogP contribution in [0.3, 0.4) is 0 Å². The number of ether oxygens (including phenoxy) is 1. The van der Waals surface area contributed by atoms with E-state index in [2.05, 4.69) is 23.3 Å². The standard InChI is InChI=1S/C21H20N4OS/c1-3-15-12-16-20(23-17-9-5-6-10-18(17)26-4-2)24-19(25-21(16)27-15)14-8-7-11-22-13-14/h5-13H,3-4H2,1-2H3,(H,23,24,25). The Hall–Kier alpha value is -2.99. The van der Waals surface area contributed by atoms with Gasteiger partial charge in [0.2, 0.25) is 0 Å². The van der Waals surface area contributed by atoms with Gasteiger partial charge in [0.1, 0.15) is 16.4 Å². The van der Waals surface area contributed by atoms with Gasteiger partial charge in [0, 0.05) is 22.8 Å². The summed E-state index contributed by atoms with van der Waals surface area (Å²) in [5.41, 5.74) is 1.78. The molecule has 6 heteroatoms. The molecule has 1 N–H and O–H groups in total. The average Bonchev–Trinajstić information content (AvgIpc) is 3.14. The maximum atomic E-state index is 5.75. The number of thiophene rings is 1. The Bertz CT molecular complexity index is 1060. The first-order chi connectivity index (χ1) is 13.3. The van der Waals surface area contributed by atoms with Gasteiger partial charge in [0.25, 0.3) is 0 Å². The van der Waals surface area contributed by atoms with Crippen LogP contribution in [0.25, 0.3) is 21.6 Å². The van der Waals surface area contributed by atoms with Crippen molar-refractivity contribution in [3.63, 3.8) is 0 Å². The normalized spacial score (nSPS) is 10.9. The Morgan fingerprint density at radius 3 is 2.74 bits per heavy atom. The number of nitrogens with one attached hydrogen (secondary N) is 1. The number of nitrogens with zero attached hydrogens (tertiary/aromatic N) is 3. The summed E-state index contributed by atoms with van der Waals surface area (Å²) in [4.78, 5) is 16.0. The van der Waals surface area contributed by atoms with Crippen LogP contribution < -0.4 is 10.1 Å². The van der Waals surface area contributed by atoms with Crippen molar-refractivity contribution in [2.24, 2.45) is 0 Å². The number of anilines is 2. The van der Waals surface area contributed by atoms with Gasteiger partial charge >= 0.3 is 0 Å². The third kappa shape index (κ3) is 3.61. The predicted octanol–water partition coefficient (Wildman–Crippen LogP) is 5.46. The lowest BCUT2D eigenvalue weighted by molar-refractivity contribution is 0.342. The van der Waals surface area contributed by atoms with Crippen LogP contribution in [-0.2, 0) is 6.42 Å². The molecule has 0 saturated carbocycles. The second-order valence-corrected chi connectivity index (χ2v) is 7.09. The minimum absolute atomic E-state index is 0.608. The molecule has 0 bridgehead atoms. The fourth-order valence-electron chi connectivity index (χ4n) is 2.84. The lowest BCUT2D eigenvalue weighted by atomic mass is 10.2. The Balaban J connectivity index is 1.84. The van der Waals surface area contributed by atoms with Crippen LogP contribution in [0.4, 0.5) is 11.5 Å². The van der Waals surface area contributed by atoms with Gasteiger partial charge in [-0.25, -0.2) is 9.97 Å². The fraction of sp³-hybridized carbons (Fsp3) is 0.190. The zero-order chi connectivity index (χ0) is 18.6. The quantitative estimate of drug-likeness (QED) is 0.484. The number of hydrogen-bond acceptors (Lipinski definition) is 6. The van der Waals surface area contributed by atoms with E-state index in [0.717, 1.165) is 39.5 Å². The summed E-state index contributed by atoms with van der Waals surface area (Å²) in [5.74, 6) is 2.25. The molecule has 3 aromatic heterocycles. The number of pyridine rings is 1. The smallest absolute Gasteiger partial charge is 0.164 e.